The number of nitriles is 1. The van der Waals surface area contributed by atoms with Crippen LogP contribution in [0, 0.1) is 17.2 Å². The van der Waals surface area contributed by atoms with E-state index in [1.165, 1.54) is 9.80 Å². The second-order valence-corrected chi connectivity index (χ2v) is 10.4. The highest BCUT2D eigenvalue weighted by molar-refractivity contribution is 6.06. The number of aromatic amines is 1. The van der Waals surface area contributed by atoms with E-state index in [1.54, 1.807) is 32.1 Å². The predicted octanol–water partition coefficient (Wildman–Crippen LogP) is 2.84. The number of nitrogens with zero attached hydrogens (tertiary/aromatic N) is 5. The standard InChI is InChI=1S/C26H33N7O3/c1-16(2)10-22(32(5)25(36)33-14-17-13-28-30-21(17)15-33)23(34)31(4)18(12-27)11-26(3)19-8-6-7-9-20(19)29-24(26)35/h6-9,13,16,18,22H,10-11,14-15H2,1-5H3,(H,28,30)(H,29,35)/t18-,22-,26+/m0/s1. The molecule has 2 N–H and O–H groups in total. The number of H-pyrrole nitrogens is 1. The lowest BCUT2D eigenvalue weighted by Crippen LogP contribution is -2.54. The van der Waals surface area contributed by atoms with Crippen molar-refractivity contribution in [2.24, 2.45) is 5.92 Å². The zero-order valence-corrected chi connectivity index (χ0v) is 21.4. The van der Waals surface area contributed by atoms with Crippen LogP contribution in [0.2, 0.25) is 0 Å². The van der Waals surface area contributed by atoms with E-state index in [9.17, 15) is 19.6 Å². The molecular formula is C26H33N7O3. The number of hydrogen-bond acceptors (Lipinski definition) is 5. The third-order valence-corrected chi connectivity index (χ3v) is 7.37. The van der Waals surface area contributed by atoms with Gasteiger partial charge in [0.15, 0.2) is 0 Å². The second-order valence-electron chi connectivity index (χ2n) is 10.4. The van der Waals surface area contributed by atoms with Gasteiger partial charge in [0.25, 0.3) is 0 Å². The van der Waals surface area contributed by atoms with Crippen molar-refractivity contribution in [2.45, 2.75) is 64.2 Å². The minimum Gasteiger partial charge on any atom is -0.328 e. The summed E-state index contributed by atoms with van der Waals surface area (Å²) < 4.78 is 0. The van der Waals surface area contributed by atoms with Gasteiger partial charge < -0.3 is 20.0 Å². The molecule has 1 aromatic carbocycles. The van der Waals surface area contributed by atoms with Crippen LogP contribution >= 0.6 is 0 Å². The van der Waals surface area contributed by atoms with Crippen LogP contribution in [0.1, 0.15) is 50.4 Å². The van der Waals surface area contributed by atoms with Crippen LogP contribution in [0.3, 0.4) is 0 Å². The molecule has 4 rings (SSSR count). The fraction of sp³-hybridized carbons (Fsp3) is 0.500. The molecule has 1 aromatic heterocycles. The lowest BCUT2D eigenvalue weighted by Gasteiger charge is -2.36. The minimum absolute atomic E-state index is 0.142. The Hall–Kier alpha value is -3.87. The first kappa shape index (κ1) is 25.2. The molecule has 0 aliphatic carbocycles. The first-order valence-electron chi connectivity index (χ1n) is 12.2. The summed E-state index contributed by atoms with van der Waals surface area (Å²) in [6.07, 6.45) is 2.31. The molecule has 10 nitrogen and oxygen atoms in total. The molecular weight excluding hydrogens is 458 g/mol. The van der Waals surface area contributed by atoms with Gasteiger partial charge in [-0.25, -0.2) is 4.79 Å². The van der Waals surface area contributed by atoms with E-state index >= 15 is 0 Å². The first-order valence-corrected chi connectivity index (χ1v) is 12.2. The maximum Gasteiger partial charge on any atom is 0.321 e. The van der Waals surface area contributed by atoms with Gasteiger partial charge in [-0.2, -0.15) is 10.4 Å². The number of fused-ring (bicyclic) bond motifs is 2. The van der Waals surface area contributed by atoms with Crippen molar-refractivity contribution >= 4 is 23.5 Å². The Morgan fingerprint density at radius 1 is 1.22 bits per heavy atom. The molecule has 10 heteroatoms. The van der Waals surface area contributed by atoms with Gasteiger partial charge in [-0.3, -0.25) is 14.7 Å². The van der Waals surface area contributed by atoms with Crippen molar-refractivity contribution in [2.75, 3.05) is 19.4 Å². The van der Waals surface area contributed by atoms with E-state index in [-0.39, 0.29) is 30.2 Å². The average molecular weight is 492 g/mol. The number of rotatable bonds is 7. The quantitative estimate of drug-likeness (QED) is 0.616. The van der Waals surface area contributed by atoms with Gasteiger partial charge in [0.1, 0.15) is 12.1 Å². The van der Waals surface area contributed by atoms with E-state index in [2.05, 4.69) is 21.6 Å². The third-order valence-electron chi connectivity index (χ3n) is 7.37. The fourth-order valence-corrected chi connectivity index (χ4v) is 5.13. The van der Waals surface area contributed by atoms with Crippen molar-refractivity contribution in [3.63, 3.8) is 0 Å². The lowest BCUT2D eigenvalue weighted by molar-refractivity contribution is -0.137. The molecule has 0 unspecified atom stereocenters. The minimum atomic E-state index is -0.947. The summed E-state index contributed by atoms with van der Waals surface area (Å²) in [5.74, 6) is -0.369. The number of benzene rings is 1. The number of nitrogens with one attached hydrogen (secondary N) is 2. The van der Waals surface area contributed by atoms with Crippen molar-refractivity contribution < 1.29 is 14.4 Å². The summed E-state index contributed by atoms with van der Waals surface area (Å²) in [4.78, 5) is 44.5. The zero-order valence-electron chi connectivity index (χ0n) is 21.4. The van der Waals surface area contributed by atoms with Gasteiger partial charge in [-0.1, -0.05) is 32.0 Å². The van der Waals surface area contributed by atoms with E-state index in [0.717, 1.165) is 22.5 Å². The van der Waals surface area contributed by atoms with Gasteiger partial charge in [0, 0.05) is 25.3 Å². The summed E-state index contributed by atoms with van der Waals surface area (Å²) in [6, 6.07) is 7.79. The second kappa shape index (κ2) is 9.64. The van der Waals surface area contributed by atoms with Crippen molar-refractivity contribution in [3.8, 4) is 6.07 Å². The smallest absolute Gasteiger partial charge is 0.321 e. The van der Waals surface area contributed by atoms with Gasteiger partial charge in [0.2, 0.25) is 11.8 Å². The van der Waals surface area contributed by atoms with Crippen LogP contribution in [-0.2, 0) is 28.1 Å². The molecule has 0 saturated carbocycles. The van der Waals surface area contributed by atoms with Gasteiger partial charge in [0.05, 0.1) is 36.5 Å². The monoisotopic (exact) mass is 491 g/mol. The Morgan fingerprint density at radius 2 is 1.94 bits per heavy atom. The number of urea groups is 1. The highest BCUT2D eigenvalue weighted by Gasteiger charge is 2.46. The molecule has 0 radical (unpaired) electrons. The highest BCUT2D eigenvalue weighted by atomic mass is 16.2. The van der Waals surface area contributed by atoms with E-state index in [4.69, 9.17) is 0 Å². The number of aromatic nitrogens is 2. The molecule has 0 bridgehead atoms. The van der Waals surface area contributed by atoms with Crippen molar-refractivity contribution in [3.05, 3.63) is 47.3 Å². The Kier molecular flexibility index (Phi) is 6.76. The first-order chi connectivity index (χ1) is 17.1. The number of carbonyl (C=O) groups excluding carboxylic acids is 3. The maximum atomic E-state index is 13.8. The molecule has 190 valence electrons. The lowest BCUT2D eigenvalue weighted by atomic mass is 9.78. The molecule has 2 aliphatic heterocycles. The molecule has 2 aromatic rings. The summed E-state index contributed by atoms with van der Waals surface area (Å²) in [6.45, 7) is 6.63. The molecule has 36 heavy (non-hydrogen) atoms. The van der Waals surface area contributed by atoms with Crippen molar-refractivity contribution in [1.82, 2.24) is 24.9 Å². The molecule has 2 aliphatic rings. The van der Waals surface area contributed by atoms with Crippen LogP contribution in [0.4, 0.5) is 10.5 Å². The van der Waals surface area contributed by atoms with Gasteiger partial charge in [-0.05, 0) is 37.3 Å². The number of carbonyl (C=O) groups is 3. The predicted molar refractivity (Wildman–Crippen MR) is 133 cm³/mol. The van der Waals surface area contributed by atoms with Crippen LogP contribution in [0.25, 0.3) is 0 Å². The largest absolute Gasteiger partial charge is 0.328 e. The SMILES string of the molecule is CC(C)C[C@@H](C(=O)N(C)[C@H](C#N)C[C@@]1(C)C(=O)Nc2ccccc21)N(C)C(=O)N1Cc2cn[nH]c2C1. The highest BCUT2D eigenvalue weighted by Crippen LogP contribution is 2.41. The average Bonchev–Trinajstić information content (AvgIpc) is 3.52. The van der Waals surface area contributed by atoms with E-state index in [1.807, 2.05) is 38.1 Å². The topological polar surface area (TPSA) is 125 Å². The molecule has 4 amide bonds. The van der Waals surface area contributed by atoms with Crippen LogP contribution in [-0.4, -0.2) is 68.9 Å². The number of likely N-dealkylation sites (N-methyl/N-ethyl adjacent to an activating group) is 2. The third kappa shape index (κ3) is 4.41. The summed E-state index contributed by atoms with van der Waals surface area (Å²) in [7, 11) is 3.21. The van der Waals surface area contributed by atoms with Gasteiger partial charge >= 0.3 is 6.03 Å². The Morgan fingerprint density at radius 3 is 2.61 bits per heavy atom. The van der Waals surface area contributed by atoms with Crippen molar-refractivity contribution in [1.29, 1.82) is 5.26 Å². The number of para-hydroxylation sites is 1. The summed E-state index contributed by atoms with van der Waals surface area (Å²) in [5, 5.41) is 19.8. The normalized spacial score (nSPS) is 19.8. The number of hydrogen-bond donors (Lipinski definition) is 2. The molecule has 3 atom stereocenters. The van der Waals surface area contributed by atoms with Crippen LogP contribution in [0.15, 0.2) is 30.5 Å². The number of amides is 4. The maximum absolute atomic E-state index is 13.8. The molecule has 0 fully saturated rings. The summed E-state index contributed by atoms with van der Waals surface area (Å²) >= 11 is 0. The van der Waals surface area contributed by atoms with Crippen LogP contribution < -0.4 is 5.32 Å². The van der Waals surface area contributed by atoms with E-state index in [0.29, 0.717) is 19.5 Å². The van der Waals surface area contributed by atoms with Gasteiger partial charge in [-0.15, -0.1) is 0 Å². The zero-order chi connectivity index (χ0) is 26.2. The molecule has 3 heterocycles. The molecule has 0 saturated heterocycles. The Bertz CT molecular complexity index is 1200. The Balaban J connectivity index is 1.52. The number of anilines is 1. The van der Waals surface area contributed by atoms with Crippen LogP contribution in [0.5, 0.6) is 0 Å². The van der Waals surface area contributed by atoms with E-state index < -0.39 is 17.5 Å². The molecule has 0 spiro atoms. The fourth-order valence-electron chi connectivity index (χ4n) is 5.13. The Labute approximate surface area is 211 Å². The summed E-state index contributed by atoms with van der Waals surface area (Å²) in [5.41, 5.74) is 2.46.